The van der Waals surface area contributed by atoms with E-state index < -0.39 is 6.29 Å². The van der Waals surface area contributed by atoms with Crippen LogP contribution in [0, 0.1) is 12.3 Å². The number of terminal acetylenes is 1. The van der Waals surface area contributed by atoms with Gasteiger partial charge in [-0.3, -0.25) is 0 Å². The zero-order valence-electron chi connectivity index (χ0n) is 5.97. The molecule has 0 N–H and O–H groups in total. The maximum atomic E-state index is 5.35. The highest BCUT2D eigenvalue weighted by Crippen LogP contribution is 1.92. The van der Waals surface area contributed by atoms with Crippen LogP contribution in [0.1, 0.15) is 6.92 Å². The molecule has 0 saturated heterocycles. The van der Waals surface area contributed by atoms with E-state index in [2.05, 4.69) is 5.92 Å². The van der Waals surface area contributed by atoms with Gasteiger partial charge in [0.25, 0.3) is 0 Å². The van der Waals surface area contributed by atoms with Crippen LogP contribution in [0.3, 0.4) is 0 Å². The third-order valence-corrected chi connectivity index (χ3v) is 0.955. The number of alkyl halides is 1. The second-order valence-corrected chi connectivity index (χ2v) is 1.89. The molecule has 10 heavy (non-hydrogen) atoms. The average Bonchev–Trinajstić information content (AvgIpc) is 1.98. The molecule has 0 spiro atoms. The van der Waals surface area contributed by atoms with Gasteiger partial charge in [0, 0.05) is 12.5 Å². The van der Waals surface area contributed by atoms with E-state index in [-0.39, 0.29) is 0 Å². The molecule has 0 aromatic rings. The van der Waals surface area contributed by atoms with Crippen molar-refractivity contribution < 1.29 is 9.47 Å². The van der Waals surface area contributed by atoms with Gasteiger partial charge < -0.3 is 9.47 Å². The van der Waals surface area contributed by atoms with Gasteiger partial charge in [-0.05, 0) is 12.8 Å². The lowest BCUT2D eigenvalue weighted by molar-refractivity contribution is -0.0962. The van der Waals surface area contributed by atoms with E-state index in [0.29, 0.717) is 19.1 Å². The van der Waals surface area contributed by atoms with Crippen LogP contribution in [0.4, 0.5) is 0 Å². The third kappa shape index (κ3) is 4.63. The molecule has 0 bridgehead atoms. The van der Waals surface area contributed by atoms with Gasteiger partial charge in [0.2, 0.25) is 6.29 Å². The zero-order chi connectivity index (χ0) is 7.82. The molecule has 0 aliphatic carbocycles. The Kier molecular flexibility index (Phi) is 6.73. The minimum atomic E-state index is -0.538. The fraction of sp³-hybridized carbons (Fsp3) is 0.714. The van der Waals surface area contributed by atoms with Crippen molar-refractivity contribution in [2.24, 2.45) is 0 Å². The van der Waals surface area contributed by atoms with Crippen LogP contribution >= 0.6 is 11.6 Å². The summed E-state index contributed by atoms with van der Waals surface area (Å²) in [6.45, 7) is 2.84. The smallest absolute Gasteiger partial charge is 0.222 e. The molecule has 0 heterocycles. The monoisotopic (exact) mass is 162 g/mol. The molecule has 0 aliphatic heterocycles. The Morgan fingerprint density at radius 3 is 2.70 bits per heavy atom. The first-order valence-electron chi connectivity index (χ1n) is 3.10. The number of rotatable bonds is 5. The van der Waals surface area contributed by atoms with Crippen LogP contribution in [0.2, 0.25) is 0 Å². The van der Waals surface area contributed by atoms with Crippen molar-refractivity contribution in [1.82, 2.24) is 0 Å². The molecule has 0 saturated carbocycles. The van der Waals surface area contributed by atoms with Crippen molar-refractivity contribution in [1.29, 1.82) is 0 Å². The lowest BCUT2D eigenvalue weighted by atomic mass is 10.6. The van der Waals surface area contributed by atoms with E-state index in [9.17, 15) is 0 Å². The minimum absolute atomic E-state index is 0.427. The van der Waals surface area contributed by atoms with Crippen molar-refractivity contribution in [3.05, 3.63) is 0 Å². The Bertz CT molecular complexity index is 109. The van der Waals surface area contributed by atoms with Crippen LogP contribution in [0.15, 0.2) is 0 Å². The highest BCUT2D eigenvalue weighted by molar-refractivity contribution is 6.17. The van der Waals surface area contributed by atoms with E-state index in [0.717, 1.165) is 0 Å². The first kappa shape index (κ1) is 9.77. The standard InChI is InChI=1S/C7H11ClO2/c1-3-7(9-4-2)10-6-5-8/h1,7H,4-6H2,2H3. The molecule has 0 radical (unpaired) electrons. The van der Waals surface area contributed by atoms with Gasteiger partial charge in [0.05, 0.1) is 6.61 Å². The molecule has 3 heteroatoms. The molecular weight excluding hydrogens is 152 g/mol. The van der Waals surface area contributed by atoms with Crippen LogP contribution in [0.5, 0.6) is 0 Å². The van der Waals surface area contributed by atoms with Crippen LogP contribution in [0.25, 0.3) is 0 Å². The normalized spacial score (nSPS) is 12.5. The first-order chi connectivity index (χ1) is 4.85. The van der Waals surface area contributed by atoms with Gasteiger partial charge in [-0.25, -0.2) is 0 Å². The Labute approximate surface area is 66.5 Å². The second kappa shape index (κ2) is 6.88. The predicted octanol–water partition coefficient (Wildman–Crippen LogP) is 1.24. The summed E-state index contributed by atoms with van der Waals surface area (Å²) >= 11 is 5.35. The van der Waals surface area contributed by atoms with Crippen LogP contribution < -0.4 is 0 Å². The lowest BCUT2D eigenvalue weighted by Crippen LogP contribution is -2.15. The van der Waals surface area contributed by atoms with Gasteiger partial charge >= 0.3 is 0 Å². The minimum Gasteiger partial charge on any atom is -0.342 e. The largest absolute Gasteiger partial charge is 0.342 e. The Morgan fingerprint density at radius 1 is 1.60 bits per heavy atom. The summed E-state index contributed by atoms with van der Waals surface area (Å²) in [6, 6.07) is 0. The van der Waals surface area contributed by atoms with Crippen molar-refractivity contribution >= 4 is 11.6 Å². The van der Waals surface area contributed by atoms with E-state index in [1.807, 2.05) is 6.92 Å². The SMILES string of the molecule is C#CC(OCC)OCCCl. The van der Waals surface area contributed by atoms with Gasteiger partial charge in [-0.1, -0.05) is 0 Å². The first-order valence-corrected chi connectivity index (χ1v) is 3.63. The summed E-state index contributed by atoms with van der Waals surface area (Å²) in [5.41, 5.74) is 0. The summed E-state index contributed by atoms with van der Waals surface area (Å²) < 4.78 is 9.97. The molecule has 0 aliphatic rings. The summed E-state index contributed by atoms with van der Waals surface area (Å²) in [4.78, 5) is 0. The molecule has 1 unspecified atom stereocenters. The number of halogens is 1. The van der Waals surface area contributed by atoms with Gasteiger partial charge in [0.1, 0.15) is 0 Å². The third-order valence-electron chi connectivity index (χ3n) is 0.801. The summed E-state index contributed by atoms with van der Waals surface area (Å²) in [5, 5.41) is 0. The molecule has 0 fully saturated rings. The maximum absolute atomic E-state index is 5.35. The topological polar surface area (TPSA) is 18.5 Å². The van der Waals surface area contributed by atoms with Crippen LogP contribution in [-0.4, -0.2) is 25.4 Å². The Hall–Kier alpha value is -0.230. The Balaban J connectivity index is 3.33. The van der Waals surface area contributed by atoms with Gasteiger partial charge in [0.15, 0.2) is 0 Å². The van der Waals surface area contributed by atoms with Gasteiger partial charge in [-0.15, -0.1) is 18.0 Å². The molecule has 0 amide bonds. The average molecular weight is 163 g/mol. The number of hydrogen-bond donors (Lipinski definition) is 0. The maximum Gasteiger partial charge on any atom is 0.222 e. The zero-order valence-corrected chi connectivity index (χ0v) is 6.73. The fourth-order valence-electron chi connectivity index (χ4n) is 0.447. The van der Waals surface area contributed by atoms with Gasteiger partial charge in [-0.2, -0.15) is 0 Å². The van der Waals surface area contributed by atoms with E-state index in [4.69, 9.17) is 27.5 Å². The molecule has 0 rings (SSSR count). The number of ether oxygens (including phenoxy) is 2. The summed E-state index contributed by atoms with van der Waals surface area (Å²) in [6.07, 6.45) is 4.52. The second-order valence-electron chi connectivity index (χ2n) is 1.51. The molecule has 0 aromatic heterocycles. The molecule has 58 valence electrons. The van der Waals surface area contributed by atoms with Crippen molar-refractivity contribution in [2.45, 2.75) is 13.2 Å². The highest BCUT2D eigenvalue weighted by atomic mass is 35.5. The fourth-order valence-corrected chi connectivity index (χ4v) is 0.536. The number of hydrogen-bond acceptors (Lipinski definition) is 2. The van der Waals surface area contributed by atoms with Crippen molar-refractivity contribution in [3.63, 3.8) is 0 Å². The highest BCUT2D eigenvalue weighted by Gasteiger charge is 2.00. The lowest BCUT2D eigenvalue weighted by Gasteiger charge is -2.09. The quantitative estimate of drug-likeness (QED) is 0.344. The molecule has 0 aromatic carbocycles. The van der Waals surface area contributed by atoms with E-state index in [1.165, 1.54) is 0 Å². The molecule has 2 nitrogen and oxygen atoms in total. The van der Waals surface area contributed by atoms with Crippen molar-refractivity contribution in [3.8, 4) is 12.3 Å². The summed E-state index contributed by atoms with van der Waals surface area (Å²) in [7, 11) is 0. The van der Waals surface area contributed by atoms with E-state index >= 15 is 0 Å². The Morgan fingerprint density at radius 2 is 2.30 bits per heavy atom. The summed E-state index contributed by atoms with van der Waals surface area (Å²) in [5.74, 6) is 2.77. The molecule has 1 atom stereocenters. The van der Waals surface area contributed by atoms with E-state index in [1.54, 1.807) is 0 Å². The predicted molar refractivity (Wildman–Crippen MR) is 40.9 cm³/mol. The van der Waals surface area contributed by atoms with Crippen molar-refractivity contribution in [2.75, 3.05) is 19.1 Å². The molecular formula is C7H11ClO2. The van der Waals surface area contributed by atoms with Crippen LogP contribution in [-0.2, 0) is 9.47 Å².